The van der Waals surface area contributed by atoms with Gasteiger partial charge in [0.2, 0.25) is 5.13 Å². The summed E-state index contributed by atoms with van der Waals surface area (Å²) in [6.45, 7) is 3.62. The standard InChI is InChI=1S/C12H16F2N6OS/c1-7(2)3-10-18-19-12(22-10)17-11(21)16-8-4-15-20(5-8)6-9(13)14/h4-5,7,9H,3,6H2,1-2H3,(H2,16,17,19,21). The average molecular weight is 330 g/mol. The van der Waals surface area contributed by atoms with Gasteiger partial charge in [-0.15, -0.1) is 10.2 Å². The van der Waals surface area contributed by atoms with Crippen LogP contribution in [-0.4, -0.2) is 32.4 Å². The molecule has 2 amide bonds. The Hall–Kier alpha value is -2.10. The molecule has 0 bridgehead atoms. The third kappa shape index (κ3) is 5.02. The van der Waals surface area contributed by atoms with E-state index in [4.69, 9.17) is 0 Å². The van der Waals surface area contributed by atoms with Crippen LogP contribution in [0.5, 0.6) is 0 Å². The smallest absolute Gasteiger partial charge is 0.305 e. The zero-order chi connectivity index (χ0) is 16.1. The number of carbonyl (C=O) groups is 1. The Kier molecular flexibility index (Phi) is 5.36. The molecular formula is C12H16F2N6OS. The highest BCUT2D eigenvalue weighted by molar-refractivity contribution is 7.15. The number of aromatic nitrogens is 4. The van der Waals surface area contributed by atoms with Crippen LogP contribution in [-0.2, 0) is 13.0 Å². The predicted octanol–water partition coefficient (Wildman–Crippen LogP) is 2.84. The Morgan fingerprint density at radius 1 is 1.36 bits per heavy atom. The number of urea groups is 1. The topological polar surface area (TPSA) is 84.7 Å². The van der Waals surface area contributed by atoms with Gasteiger partial charge < -0.3 is 5.32 Å². The molecule has 0 unspecified atom stereocenters. The summed E-state index contributed by atoms with van der Waals surface area (Å²) < 4.78 is 25.5. The van der Waals surface area contributed by atoms with Crippen LogP contribution in [0.15, 0.2) is 12.4 Å². The number of anilines is 2. The van der Waals surface area contributed by atoms with E-state index in [9.17, 15) is 13.6 Å². The normalized spacial score (nSPS) is 11.2. The minimum absolute atomic E-state index is 0.324. The Bertz CT molecular complexity index is 574. The monoisotopic (exact) mass is 330 g/mol. The van der Waals surface area contributed by atoms with Crippen molar-refractivity contribution in [3.8, 4) is 0 Å². The minimum atomic E-state index is -2.50. The van der Waals surface area contributed by atoms with Gasteiger partial charge in [-0.2, -0.15) is 5.10 Å². The summed E-state index contributed by atoms with van der Waals surface area (Å²) in [4.78, 5) is 11.8. The van der Waals surface area contributed by atoms with Gasteiger partial charge in [0.15, 0.2) is 0 Å². The highest BCUT2D eigenvalue weighted by atomic mass is 32.1. The Balaban J connectivity index is 1.87. The van der Waals surface area contributed by atoms with Crippen molar-refractivity contribution in [1.82, 2.24) is 20.0 Å². The molecule has 2 heterocycles. The number of rotatable bonds is 6. The zero-order valence-corrected chi connectivity index (χ0v) is 12.9. The van der Waals surface area contributed by atoms with Crippen molar-refractivity contribution in [1.29, 1.82) is 0 Å². The molecule has 0 saturated carbocycles. The van der Waals surface area contributed by atoms with Gasteiger partial charge in [0.05, 0.1) is 11.9 Å². The van der Waals surface area contributed by atoms with Gasteiger partial charge in [0, 0.05) is 12.6 Å². The molecular weight excluding hydrogens is 314 g/mol. The molecule has 0 aliphatic carbocycles. The van der Waals surface area contributed by atoms with E-state index in [1.807, 2.05) is 0 Å². The molecule has 0 spiro atoms. The number of carbonyl (C=O) groups excluding carboxylic acids is 1. The van der Waals surface area contributed by atoms with Crippen molar-refractivity contribution in [2.24, 2.45) is 5.92 Å². The van der Waals surface area contributed by atoms with E-state index in [1.165, 1.54) is 23.7 Å². The summed E-state index contributed by atoms with van der Waals surface area (Å²) in [6, 6.07) is -0.524. The number of hydrogen-bond donors (Lipinski definition) is 2. The van der Waals surface area contributed by atoms with Crippen LogP contribution in [0.25, 0.3) is 0 Å². The first kappa shape index (κ1) is 16.3. The Labute approximate surface area is 129 Å². The Morgan fingerprint density at radius 2 is 2.14 bits per heavy atom. The maximum Gasteiger partial charge on any atom is 0.325 e. The third-order valence-electron chi connectivity index (χ3n) is 2.49. The van der Waals surface area contributed by atoms with Crippen LogP contribution in [0.2, 0.25) is 0 Å². The molecule has 0 radical (unpaired) electrons. The number of halogens is 2. The molecule has 22 heavy (non-hydrogen) atoms. The molecule has 2 rings (SSSR count). The zero-order valence-electron chi connectivity index (χ0n) is 12.1. The van der Waals surface area contributed by atoms with Crippen LogP contribution in [0.4, 0.5) is 24.4 Å². The summed E-state index contributed by atoms with van der Waals surface area (Å²) in [5.41, 5.74) is 0.324. The van der Waals surface area contributed by atoms with Crippen LogP contribution in [0, 0.1) is 5.92 Å². The quantitative estimate of drug-likeness (QED) is 0.853. The Morgan fingerprint density at radius 3 is 2.82 bits per heavy atom. The molecule has 0 atom stereocenters. The molecule has 2 aromatic rings. The molecule has 0 aromatic carbocycles. The van der Waals surface area contributed by atoms with Gasteiger partial charge in [-0.3, -0.25) is 10.00 Å². The van der Waals surface area contributed by atoms with Crippen LogP contribution in [0.1, 0.15) is 18.9 Å². The van der Waals surface area contributed by atoms with Crippen molar-refractivity contribution in [2.45, 2.75) is 33.2 Å². The lowest BCUT2D eigenvalue weighted by Crippen LogP contribution is -2.19. The SMILES string of the molecule is CC(C)Cc1nnc(NC(=O)Nc2cnn(CC(F)F)c2)s1. The van der Waals surface area contributed by atoms with Crippen LogP contribution < -0.4 is 10.6 Å². The number of hydrogen-bond acceptors (Lipinski definition) is 5. The largest absolute Gasteiger partial charge is 0.325 e. The maximum absolute atomic E-state index is 12.2. The van der Waals surface area contributed by atoms with Gasteiger partial charge in [0.1, 0.15) is 11.6 Å². The summed E-state index contributed by atoms with van der Waals surface area (Å²) in [5.74, 6) is 0.454. The predicted molar refractivity (Wildman–Crippen MR) is 79.3 cm³/mol. The number of nitrogens with one attached hydrogen (secondary N) is 2. The minimum Gasteiger partial charge on any atom is -0.305 e. The van der Waals surface area contributed by atoms with Gasteiger partial charge in [-0.05, 0) is 5.92 Å². The molecule has 0 aliphatic rings. The van der Waals surface area contributed by atoms with Crippen molar-refractivity contribution >= 4 is 28.2 Å². The van der Waals surface area contributed by atoms with E-state index < -0.39 is 19.0 Å². The molecule has 7 nitrogen and oxygen atoms in total. The van der Waals surface area contributed by atoms with E-state index >= 15 is 0 Å². The summed E-state index contributed by atoms with van der Waals surface area (Å²) in [6.07, 6.45) is 0.922. The fourth-order valence-corrected chi connectivity index (χ4v) is 2.61. The van der Waals surface area contributed by atoms with E-state index in [-0.39, 0.29) is 0 Å². The molecule has 2 N–H and O–H groups in total. The van der Waals surface area contributed by atoms with Gasteiger partial charge in [-0.1, -0.05) is 25.2 Å². The second kappa shape index (κ2) is 7.25. The highest BCUT2D eigenvalue weighted by Crippen LogP contribution is 2.18. The lowest BCUT2D eigenvalue weighted by atomic mass is 10.1. The fourth-order valence-electron chi connectivity index (χ4n) is 1.66. The molecule has 10 heteroatoms. The lowest BCUT2D eigenvalue weighted by Gasteiger charge is -2.02. The fraction of sp³-hybridized carbons (Fsp3) is 0.500. The van der Waals surface area contributed by atoms with E-state index in [0.29, 0.717) is 16.7 Å². The van der Waals surface area contributed by atoms with Crippen LogP contribution >= 0.6 is 11.3 Å². The average Bonchev–Trinajstić information content (AvgIpc) is 2.98. The second-order valence-electron chi connectivity index (χ2n) is 5.02. The summed E-state index contributed by atoms with van der Waals surface area (Å²) >= 11 is 1.30. The molecule has 0 saturated heterocycles. The maximum atomic E-state index is 12.2. The van der Waals surface area contributed by atoms with Crippen molar-refractivity contribution in [2.75, 3.05) is 10.6 Å². The van der Waals surface area contributed by atoms with Gasteiger partial charge in [0.25, 0.3) is 6.43 Å². The molecule has 120 valence electrons. The summed E-state index contributed by atoms with van der Waals surface area (Å²) in [7, 11) is 0. The van der Waals surface area contributed by atoms with E-state index in [0.717, 1.165) is 16.1 Å². The lowest BCUT2D eigenvalue weighted by molar-refractivity contribution is 0.122. The van der Waals surface area contributed by atoms with Crippen molar-refractivity contribution in [3.63, 3.8) is 0 Å². The first-order valence-electron chi connectivity index (χ1n) is 6.63. The van der Waals surface area contributed by atoms with Crippen molar-refractivity contribution < 1.29 is 13.6 Å². The van der Waals surface area contributed by atoms with Crippen LogP contribution in [0.3, 0.4) is 0 Å². The molecule has 0 aliphatic heterocycles. The first-order chi connectivity index (χ1) is 10.4. The van der Waals surface area contributed by atoms with Crippen molar-refractivity contribution in [3.05, 3.63) is 17.4 Å². The van der Waals surface area contributed by atoms with E-state index in [2.05, 4.69) is 39.8 Å². The molecule has 0 fully saturated rings. The second-order valence-corrected chi connectivity index (χ2v) is 6.08. The first-order valence-corrected chi connectivity index (χ1v) is 7.45. The number of amides is 2. The van der Waals surface area contributed by atoms with Gasteiger partial charge >= 0.3 is 6.03 Å². The summed E-state index contributed by atoms with van der Waals surface area (Å²) in [5, 5.41) is 17.8. The third-order valence-corrected chi connectivity index (χ3v) is 3.35. The van der Waals surface area contributed by atoms with Gasteiger partial charge in [-0.25, -0.2) is 13.6 Å². The molecule has 2 aromatic heterocycles. The highest BCUT2D eigenvalue weighted by Gasteiger charge is 2.11. The number of alkyl halides is 2. The van der Waals surface area contributed by atoms with E-state index in [1.54, 1.807) is 0 Å². The number of nitrogens with zero attached hydrogens (tertiary/aromatic N) is 4.